The van der Waals surface area contributed by atoms with Gasteiger partial charge in [-0.3, -0.25) is 4.79 Å². The van der Waals surface area contributed by atoms with Gasteiger partial charge >= 0.3 is 0 Å². The summed E-state index contributed by atoms with van der Waals surface area (Å²) in [6, 6.07) is 3.38. The molecule has 18 heavy (non-hydrogen) atoms. The molecule has 0 saturated heterocycles. The van der Waals surface area contributed by atoms with Crippen LogP contribution in [0.15, 0.2) is 18.2 Å². The molecular formula is C13H14BrF2NO. The van der Waals surface area contributed by atoms with Crippen molar-refractivity contribution in [2.75, 3.05) is 0 Å². The van der Waals surface area contributed by atoms with Crippen molar-refractivity contribution < 1.29 is 13.6 Å². The van der Waals surface area contributed by atoms with Gasteiger partial charge < -0.3 is 5.32 Å². The minimum Gasteiger partial charge on any atom is -0.352 e. The molecule has 1 amide bonds. The number of hydrogen-bond donors (Lipinski definition) is 1. The number of rotatable bonds is 3. The number of carbonyl (C=O) groups is 1. The fraction of sp³-hybridized carbons (Fsp3) is 0.462. The summed E-state index contributed by atoms with van der Waals surface area (Å²) in [6.45, 7) is 0. The fourth-order valence-corrected chi connectivity index (χ4v) is 2.89. The lowest BCUT2D eigenvalue weighted by atomic mass is 10.1. The number of halogens is 3. The molecule has 2 atom stereocenters. The van der Waals surface area contributed by atoms with Crippen molar-refractivity contribution in [3.8, 4) is 0 Å². The Morgan fingerprint density at radius 2 is 2.17 bits per heavy atom. The van der Waals surface area contributed by atoms with E-state index < -0.39 is 11.6 Å². The monoisotopic (exact) mass is 317 g/mol. The third-order valence-corrected chi connectivity index (χ3v) is 4.24. The first-order valence-electron chi connectivity index (χ1n) is 5.93. The zero-order valence-electron chi connectivity index (χ0n) is 9.76. The summed E-state index contributed by atoms with van der Waals surface area (Å²) < 4.78 is 26.1. The van der Waals surface area contributed by atoms with Crippen LogP contribution in [0.3, 0.4) is 0 Å². The van der Waals surface area contributed by atoms with Crippen LogP contribution in [0.25, 0.3) is 0 Å². The van der Waals surface area contributed by atoms with Gasteiger partial charge in [0.1, 0.15) is 11.6 Å². The Balaban J connectivity index is 1.94. The molecule has 2 unspecified atom stereocenters. The molecule has 0 heterocycles. The molecule has 98 valence electrons. The first kappa shape index (κ1) is 13.5. The summed E-state index contributed by atoms with van der Waals surface area (Å²) in [5.74, 6) is -1.53. The minimum absolute atomic E-state index is 0.0532. The SMILES string of the molecule is O=C(Cc1ccc(F)cc1F)NC1CCCC1Br. The lowest BCUT2D eigenvalue weighted by Gasteiger charge is -2.16. The number of amides is 1. The summed E-state index contributed by atoms with van der Waals surface area (Å²) in [5, 5.41) is 2.87. The molecule has 5 heteroatoms. The first-order valence-corrected chi connectivity index (χ1v) is 6.85. The molecule has 1 fully saturated rings. The van der Waals surface area contributed by atoms with E-state index in [0.717, 1.165) is 31.4 Å². The van der Waals surface area contributed by atoms with E-state index in [4.69, 9.17) is 0 Å². The maximum atomic E-state index is 13.4. The zero-order chi connectivity index (χ0) is 13.1. The quantitative estimate of drug-likeness (QED) is 0.853. The van der Waals surface area contributed by atoms with Crippen LogP contribution in [0.2, 0.25) is 0 Å². The molecule has 1 aromatic rings. The number of alkyl halides is 1. The van der Waals surface area contributed by atoms with Crippen LogP contribution < -0.4 is 5.32 Å². The van der Waals surface area contributed by atoms with Gasteiger partial charge in [-0.1, -0.05) is 28.4 Å². The van der Waals surface area contributed by atoms with Crippen molar-refractivity contribution in [3.63, 3.8) is 0 Å². The number of hydrogen-bond acceptors (Lipinski definition) is 1. The highest BCUT2D eigenvalue weighted by Crippen LogP contribution is 2.25. The Morgan fingerprint density at radius 3 is 2.78 bits per heavy atom. The van der Waals surface area contributed by atoms with E-state index in [1.165, 1.54) is 6.07 Å². The van der Waals surface area contributed by atoms with E-state index in [0.29, 0.717) is 4.83 Å². The lowest BCUT2D eigenvalue weighted by Crippen LogP contribution is -2.38. The molecule has 0 aromatic heterocycles. The smallest absolute Gasteiger partial charge is 0.224 e. The third-order valence-electron chi connectivity index (χ3n) is 3.14. The molecule has 1 aliphatic rings. The van der Waals surface area contributed by atoms with Crippen LogP contribution in [0.5, 0.6) is 0 Å². The van der Waals surface area contributed by atoms with Gasteiger partial charge in [-0.05, 0) is 24.5 Å². The largest absolute Gasteiger partial charge is 0.352 e. The van der Waals surface area contributed by atoms with Crippen LogP contribution in [0, 0.1) is 11.6 Å². The zero-order valence-corrected chi connectivity index (χ0v) is 11.3. The standard InChI is InChI=1S/C13H14BrF2NO/c14-10-2-1-3-12(10)17-13(18)6-8-4-5-9(15)7-11(8)16/h4-5,7,10,12H,1-3,6H2,(H,17,18). The second-order valence-corrected chi connectivity index (χ2v) is 5.71. The van der Waals surface area contributed by atoms with Crippen molar-refractivity contribution in [2.45, 2.75) is 36.6 Å². The van der Waals surface area contributed by atoms with E-state index >= 15 is 0 Å². The predicted octanol–water partition coefficient (Wildman–Crippen LogP) is 2.94. The van der Waals surface area contributed by atoms with Gasteiger partial charge in [0.15, 0.2) is 0 Å². The Bertz CT molecular complexity index is 453. The molecule has 0 spiro atoms. The van der Waals surface area contributed by atoms with Crippen LogP contribution >= 0.6 is 15.9 Å². The molecule has 0 aliphatic heterocycles. The Labute approximate surface area is 113 Å². The number of benzene rings is 1. The first-order chi connectivity index (χ1) is 8.56. The summed E-state index contributed by atoms with van der Waals surface area (Å²) in [5.41, 5.74) is 0.220. The van der Waals surface area contributed by atoms with E-state index in [1.54, 1.807) is 0 Å². The number of carbonyl (C=O) groups excluding carboxylic acids is 1. The molecule has 2 nitrogen and oxygen atoms in total. The highest BCUT2D eigenvalue weighted by atomic mass is 79.9. The number of nitrogens with one attached hydrogen (secondary N) is 1. The van der Waals surface area contributed by atoms with E-state index in [9.17, 15) is 13.6 Å². The van der Waals surface area contributed by atoms with E-state index in [-0.39, 0.29) is 23.9 Å². The second kappa shape index (κ2) is 5.78. The van der Waals surface area contributed by atoms with Crippen LogP contribution in [-0.4, -0.2) is 16.8 Å². The average molecular weight is 318 g/mol. The maximum Gasteiger partial charge on any atom is 0.224 e. The summed E-state index contributed by atoms with van der Waals surface area (Å²) >= 11 is 3.50. The topological polar surface area (TPSA) is 29.1 Å². The van der Waals surface area contributed by atoms with Crippen molar-refractivity contribution >= 4 is 21.8 Å². The highest BCUT2D eigenvalue weighted by Gasteiger charge is 2.26. The van der Waals surface area contributed by atoms with Crippen LogP contribution in [0.4, 0.5) is 8.78 Å². The van der Waals surface area contributed by atoms with E-state index in [2.05, 4.69) is 21.2 Å². The minimum atomic E-state index is -0.674. The molecule has 2 rings (SSSR count). The average Bonchev–Trinajstić information content (AvgIpc) is 2.69. The molecule has 1 aliphatic carbocycles. The van der Waals surface area contributed by atoms with Crippen LogP contribution in [-0.2, 0) is 11.2 Å². The van der Waals surface area contributed by atoms with Crippen molar-refractivity contribution in [1.29, 1.82) is 0 Å². The highest BCUT2D eigenvalue weighted by molar-refractivity contribution is 9.09. The van der Waals surface area contributed by atoms with Gasteiger partial charge in [-0.25, -0.2) is 8.78 Å². The van der Waals surface area contributed by atoms with Gasteiger partial charge in [-0.2, -0.15) is 0 Å². The van der Waals surface area contributed by atoms with Crippen molar-refractivity contribution in [2.24, 2.45) is 0 Å². The van der Waals surface area contributed by atoms with Crippen molar-refractivity contribution in [3.05, 3.63) is 35.4 Å². The summed E-state index contributed by atoms with van der Waals surface area (Å²) in [7, 11) is 0. The molecule has 1 N–H and O–H groups in total. The summed E-state index contributed by atoms with van der Waals surface area (Å²) in [6.07, 6.45) is 3.00. The fourth-order valence-electron chi connectivity index (χ4n) is 2.17. The Kier molecular flexibility index (Phi) is 4.32. The van der Waals surface area contributed by atoms with E-state index in [1.807, 2.05) is 0 Å². The van der Waals surface area contributed by atoms with Gasteiger partial charge in [0.2, 0.25) is 5.91 Å². The molecule has 0 radical (unpaired) electrons. The van der Waals surface area contributed by atoms with Crippen molar-refractivity contribution in [1.82, 2.24) is 5.32 Å². The van der Waals surface area contributed by atoms with Gasteiger partial charge in [0.05, 0.1) is 6.42 Å². The third kappa shape index (κ3) is 3.28. The summed E-state index contributed by atoms with van der Waals surface area (Å²) in [4.78, 5) is 12.0. The Morgan fingerprint density at radius 1 is 1.39 bits per heavy atom. The second-order valence-electron chi connectivity index (χ2n) is 4.53. The lowest BCUT2D eigenvalue weighted by molar-refractivity contribution is -0.121. The molecular weight excluding hydrogens is 304 g/mol. The maximum absolute atomic E-state index is 13.4. The predicted molar refractivity (Wildman–Crippen MR) is 68.6 cm³/mol. The van der Waals surface area contributed by atoms with Gasteiger partial charge in [0.25, 0.3) is 0 Å². The van der Waals surface area contributed by atoms with Crippen LogP contribution in [0.1, 0.15) is 24.8 Å². The normalized spacial score (nSPS) is 23.1. The molecule has 0 bridgehead atoms. The Hall–Kier alpha value is -0.970. The molecule has 1 aromatic carbocycles. The van der Waals surface area contributed by atoms with Gasteiger partial charge in [-0.15, -0.1) is 0 Å². The molecule has 1 saturated carbocycles. The van der Waals surface area contributed by atoms with Gasteiger partial charge in [0, 0.05) is 16.9 Å².